The van der Waals surface area contributed by atoms with Crippen LogP contribution >= 0.6 is 0 Å². The summed E-state index contributed by atoms with van der Waals surface area (Å²) in [5, 5.41) is 33.1. The summed E-state index contributed by atoms with van der Waals surface area (Å²) >= 11 is 0. The maximum Gasteiger partial charge on any atom is 0.146 e. The number of aromatic hydroxyl groups is 2. The number of phenolic OH excluding ortho intramolecular Hbond substituents is 2. The summed E-state index contributed by atoms with van der Waals surface area (Å²) in [4.78, 5) is 1.01. The van der Waals surface area contributed by atoms with E-state index >= 15 is 0 Å². The molecule has 2 aromatic rings. The lowest BCUT2D eigenvalue weighted by molar-refractivity contribution is 0.450. The van der Waals surface area contributed by atoms with Crippen molar-refractivity contribution in [3.05, 3.63) is 30.6 Å². The molecule has 0 bridgehead atoms. The first kappa shape index (κ1) is 9.13. The second-order valence-electron chi connectivity index (χ2n) is 2.66. The molecule has 15 heavy (non-hydrogen) atoms. The molecule has 0 unspecified atom stereocenters. The molecule has 0 spiro atoms. The van der Waals surface area contributed by atoms with Crippen LogP contribution < -0.4 is 0 Å². The van der Waals surface area contributed by atoms with Crippen molar-refractivity contribution in [1.82, 2.24) is 15.1 Å². The van der Waals surface area contributed by atoms with Gasteiger partial charge in [0.05, 0.1) is 12.4 Å². The molecular weight excluding hydrogens is 198 g/mol. The molecule has 7 heteroatoms. The van der Waals surface area contributed by atoms with Gasteiger partial charge in [0.15, 0.2) is 0 Å². The SMILES string of the molecule is Oc1ccc(N=Nn2nccn2)c(O)c1. The fraction of sp³-hybridized carbons (Fsp3) is 0. The predicted molar refractivity (Wildman–Crippen MR) is 49.7 cm³/mol. The van der Waals surface area contributed by atoms with Crippen molar-refractivity contribution in [2.24, 2.45) is 10.3 Å². The third-order valence-corrected chi connectivity index (χ3v) is 1.60. The zero-order chi connectivity index (χ0) is 10.7. The molecule has 1 aromatic heterocycles. The number of phenols is 2. The van der Waals surface area contributed by atoms with Gasteiger partial charge in [-0.15, -0.1) is 15.3 Å². The monoisotopic (exact) mass is 205 g/mol. The summed E-state index contributed by atoms with van der Waals surface area (Å²) in [7, 11) is 0. The molecule has 2 N–H and O–H groups in total. The molecule has 0 aliphatic carbocycles. The number of benzene rings is 1. The van der Waals surface area contributed by atoms with E-state index in [0.29, 0.717) is 0 Å². The van der Waals surface area contributed by atoms with Crippen LogP contribution in [-0.4, -0.2) is 25.3 Å². The van der Waals surface area contributed by atoms with Crippen molar-refractivity contribution in [2.45, 2.75) is 0 Å². The molecule has 0 fully saturated rings. The molecule has 2 rings (SSSR count). The van der Waals surface area contributed by atoms with Crippen molar-refractivity contribution in [2.75, 3.05) is 0 Å². The molecule has 1 heterocycles. The van der Waals surface area contributed by atoms with Crippen molar-refractivity contribution < 1.29 is 10.2 Å². The molecule has 7 nitrogen and oxygen atoms in total. The quantitative estimate of drug-likeness (QED) is 0.720. The van der Waals surface area contributed by atoms with E-state index in [1.54, 1.807) is 0 Å². The minimum absolute atomic E-state index is 0.0383. The highest BCUT2D eigenvalue weighted by molar-refractivity contribution is 5.53. The Bertz CT molecular complexity index is 480. The largest absolute Gasteiger partial charge is 0.508 e. The highest BCUT2D eigenvalue weighted by Crippen LogP contribution is 2.29. The molecule has 76 valence electrons. The van der Waals surface area contributed by atoms with Gasteiger partial charge in [-0.05, 0) is 22.3 Å². The normalized spacial score (nSPS) is 10.9. The summed E-state index contributed by atoms with van der Waals surface area (Å²) in [6, 6.07) is 3.99. The fourth-order valence-corrected chi connectivity index (χ4v) is 0.939. The maximum absolute atomic E-state index is 9.36. The van der Waals surface area contributed by atoms with E-state index in [1.807, 2.05) is 0 Å². The number of aromatic nitrogens is 3. The summed E-state index contributed by atoms with van der Waals surface area (Å²) < 4.78 is 0. The Morgan fingerprint density at radius 3 is 2.53 bits per heavy atom. The lowest BCUT2D eigenvalue weighted by Crippen LogP contribution is -1.90. The van der Waals surface area contributed by atoms with Crippen LogP contribution in [0.25, 0.3) is 0 Å². The number of hydrogen-bond acceptors (Lipinski definition) is 6. The first-order valence-corrected chi connectivity index (χ1v) is 4.06. The van der Waals surface area contributed by atoms with E-state index in [0.717, 1.165) is 4.91 Å². The second kappa shape index (κ2) is 3.74. The van der Waals surface area contributed by atoms with Crippen molar-refractivity contribution in [3.63, 3.8) is 0 Å². The van der Waals surface area contributed by atoms with Crippen LogP contribution in [0.5, 0.6) is 11.5 Å². The minimum atomic E-state index is -0.161. The summed E-state index contributed by atoms with van der Waals surface area (Å²) in [5.74, 6) is -0.199. The molecule has 0 saturated carbocycles. The Balaban J connectivity index is 2.24. The predicted octanol–water partition coefficient (Wildman–Crippen LogP) is 1.24. The molecule has 1 aromatic carbocycles. The molecule has 0 saturated heterocycles. The Morgan fingerprint density at radius 2 is 1.87 bits per heavy atom. The lowest BCUT2D eigenvalue weighted by atomic mass is 10.3. The van der Waals surface area contributed by atoms with Crippen LogP contribution in [0.4, 0.5) is 5.69 Å². The van der Waals surface area contributed by atoms with Gasteiger partial charge >= 0.3 is 0 Å². The second-order valence-corrected chi connectivity index (χ2v) is 2.66. The lowest BCUT2D eigenvalue weighted by Gasteiger charge is -1.97. The average Bonchev–Trinajstić information content (AvgIpc) is 2.69. The first-order chi connectivity index (χ1) is 7.25. The smallest absolute Gasteiger partial charge is 0.146 e. The van der Waals surface area contributed by atoms with E-state index in [9.17, 15) is 5.11 Å². The average molecular weight is 205 g/mol. The summed E-state index contributed by atoms with van der Waals surface area (Å²) in [6.07, 6.45) is 2.91. The van der Waals surface area contributed by atoms with E-state index in [4.69, 9.17) is 5.11 Å². The minimum Gasteiger partial charge on any atom is -0.508 e. The van der Waals surface area contributed by atoms with Crippen molar-refractivity contribution >= 4 is 5.69 Å². The van der Waals surface area contributed by atoms with E-state index in [-0.39, 0.29) is 17.2 Å². The fourth-order valence-electron chi connectivity index (χ4n) is 0.939. The number of rotatable bonds is 2. The van der Waals surface area contributed by atoms with E-state index in [2.05, 4.69) is 20.5 Å². The van der Waals surface area contributed by atoms with Gasteiger partial charge in [0, 0.05) is 6.07 Å². The van der Waals surface area contributed by atoms with Crippen LogP contribution in [0.15, 0.2) is 40.9 Å². The van der Waals surface area contributed by atoms with Gasteiger partial charge in [-0.25, -0.2) is 0 Å². The van der Waals surface area contributed by atoms with Gasteiger partial charge in [0.25, 0.3) is 0 Å². The molecular formula is C8H7N5O2. The van der Waals surface area contributed by atoms with Gasteiger partial charge in [0.1, 0.15) is 17.2 Å². The Hall–Kier alpha value is -2.44. The summed E-state index contributed by atoms with van der Waals surface area (Å²) in [6.45, 7) is 0. The highest BCUT2D eigenvalue weighted by atomic mass is 16.3. The van der Waals surface area contributed by atoms with Crippen molar-refractivity contribution in [3.8, 4) is 11.5 Å². The third-order valence-electron chi connectivity index (χ3n) is 1.60. The van der Waals surface area contributed by atoms with Crippen LogP contribution in [0.3, 0.4) is 0 Å². The number of hydrogen-bond donors (Lipinski definition) is 2. The zero-order valence-corrected chi connectivity index (χ0v) is 7.52. The molecule has 0 radical (unpaired) electrons. The van der Waals surface area contributed by atoms with E-state index in [1.165, 1.54) is 30.6 Å². The van der Waals surface area contributed by atoms with Gasteiger partial charge < -0.3 is 10.2 Å². The standard InChI is InChI=1S/C8H7N5O2/c14-6-1-2-7(8(15)5-6)11-12-13-9-3-4-10-13/h1-5,14-15H. The van der Waals surface area contributed by atoms with Gasteiger partial charge in [-0.2, -0.15) is 0 Å². The van der Waals surface area contributed by atoms with Crippen LogP contribution in [0, 0.1) is 0 Å². The topological polar surface area (TPSA) is 95.9 Å². The van der Waals surface area contributed by atoms with Gasteiger partial charge in [-0.3, -0.25) is 0 Å². The van der Waals surface area contributed by atoms with Crippen LogP contribution in [-0.2, 0) is 0 Å². The molecule has 0 aliphatic rings. The van der Waals surface area contributed by atoms with Gasteiger partial charge in [-0.1, -0.05) is 0 Å². The first-order valence-electron chi connectivity index (χ1n) is 4.06. The zero-order valence-electron chi connectivity index (χ0n) is 7.52. The molecule has 0 amide bonds. The maximum atomic E-state index is 9.36. The molecule has 0 aliphatic heterocycles. The van der Waals surface area contributed by atoms with Crippen LogP contribution in [0.2, 0.25) is 0 Å². The Labute approximate surface area is 84.3 Å². The summed E-state index contributed by atoms with van der Waals surface area (Å²) in [5.41, 5.74) is 0.227. The number of nitrogens with zero attached hydrogens (tertiary/aromatic N) is 5. The van der Waals surface area contributed by atoms with Crippen LogP contribution in [0.1, 0.15) is 0 Å². The highest BCUT2D eigenvalue weighted by Gasteiger charge is 2.00. The molecule has 0 atom stereocenters. The third kappa shape index (κ3) is 2.08. The Kier molecular flexibility index (Phi) is 2.28. The van der Waals surface area contributed by atoms with E-state index < -0.39 is 0 Å². The van der Waals surface area contributed by atoms with Gasteiger partial charge in [0.2, 0.25) is 0 Å². The van der Waals surface area contributed by atoms with Crippen molar-refractivity contribution in [1.29, 1.82) is 0 Å². The Morgan fingerprint density at radius 1 is 1.13 bits per heavy atom.